The molecular weight excluding hydrogens is 240 g/mol. The van der Waals surface area contributed by atoms with Crippen molar-refractivity contribution in [2.24, 2.45) is 0 Å². The molecule has 1 heterocycles. The summed E-state index contributed by atoms with van der Waals surface area (Å²) in [6.45, 7) is 2.03. The summed E-state index contributed by atoms with van der Waals surface area (Å²) >= 11 is 1.73. The van der Waals surface area contributed by atoms with Gasteiger partial charge in [-0.1, -0.05) is 30.0 Å². The highest BCUT2D eigenvalue weighted by Gasteiger charge is 2.03. The Kier molecular flexibility index (Phi) is 2.76. The van der Waals surface area contributed by atoms with Gasteiger partial charge in [-0.15, -0.1) is 0 Å². The summed E-state index contributed by atoms with van der Waals surface area (Å²) in [5.41, 5.74) is 8.96. The van der Waals surface area contributed by atoms with E-state index in [-0.39, 0.29) is 0 Å². The first-order chi connectivity index (χ1) is 8.72. The van der Waals surface area contributed by atoms with Crippen LogP contribution in [-0.2, 0) is 0 Å². The van der Waals surface area contributed by atoms with Gasteiger partial charge in [-0.2, -0.15) is 0 Å². The minimum absolute atomic E-state index is 0.844. The second kappa shape index (κ2) is 4.42. The minimum Gasteiger partial charge on any atom is -0.399 e. The van der Waals surface area contributed by atoms with Crippen LogP contribution in [0.4, 0.5) is 5.69 Å². The number of aromatic amines is 1. The summed E-state index contributed by atoms with van der Waals surface area (Å²) in [4.78, 5) is 4.61. The van der Waals surface area contributed by atoms with E-state index in [1.54, 1.807) is 11.8 Å². The van der Waals surface area contributed by atoms with Crippen molar-refractivity contribution < 1.29 is 0 Å². The summed E-state index contributed by atoms with van der Waals surface area (Å²) in [5, 5.41) is 2.40. The van der Waals surface area contributed by atoms with E-state index in [9.17, 15) is 0 Å². The molecule has 0 aliphatic heterocycles. The predicted molar refractivity (Wildman–Crippen MR) is 78.0 cm³/mol. The largest absolute Gasteiger partial charge is 0.399 e. The molecule has 2 aromatic carbocycles. The number of hydrogen-bond acceptors (Lipinski definition) is 2. The second-order valence-electron chi connectivity index (χ2n) is 4.34. The molecule has 3 aromatic rings. The van der Waals surface area contributed by atoms with Crippen molar-refractivity contribution in [2.75, 3.05) is 5.73 Å². The molecule has 18 heavy (non-hydrogen) atoms. The first-order valence-electron chi connectivity index (χ1n) is 5.84. The van der Waals surface area contributed by atoms with Crippen molar-refractivity contribution in [3.05, 3.63) is 54.1 Å². The normalized spacial score (nSPS) is 10.9. The van der Waals surface area contributed by atoms with E-state index in [0.29, 0.717) is 0 Å². The second-order valence-corrected chi connectivity index (χ2v) is 5.46. The summed E-state index contributed by atoms with van der Waals surface area (Å²) in [5.74, 6) is 0. The number of aryl methyl sites for hydroxylation is 1. The quantitative estimate of drug-likeness (QED) is 0.673. The fourth-order valence-electron chi connectivity index (χ4n) is 1.94. The molecule has 0 spiro atoms. The highest BCUT2D eigenvalue weighted by atomic mass is 32.2. The van der Waals surface area contributed by atoms with Crippen LogP contribution in [0.3, 0.4) is 0 Å². The van der Waals surface area contributed by atoms with Crippen molar-refractivity contribution in [3.8, 4) is 0 Å². The van der Waals surface area contributed by atoms with Crippen LogP contribution < -0.4 is 5.73 Å². The zero-order chi connectivity index (χ0) is 12.5. The number of benzene rings is 2. The van der Waals surface area contributed by atoms with E-state index in [0.717, 1.165) is 16.3 Å². The van der Waals surface area contributed by atoms with E-state index >= 15 is 0 Å². The van der Waals surface area contributed by atoms with Crippen LogP contribution in [-0.4, -0.2) is 4.98 Å². The molecule has 0 saturated heterocycles. The highest BCUT2D eigenvalue weighted by Crippen LogP contribution is 2.31. The van der Waals surface area contributed by atoms with Gasteiger partial charge in [0.15, 0.2) is 0 Å². The molecule has 2 nitrogen and oxygen atoms in total. The summed E-state index contributed by atoms with van der Waals surface area (Å²) < 4.78 is 0. The molecule has 0 fully saturated rings. The van der Waals surface area contributed by atoms with Crippen LogP contribution in [0.15, 0.2) is 58.5 Å². The summed E-state index contributed by atoms with van der Waals surface area (Å²) in [7, 11) is 0. The molecule has 0 bridgehead atoms. The first kappa shape index (κ1) is 11.2. The number of para-hydroxylation sites is 1. The van der Waals surface area contributed by atoms with Crippen molar-refractivity contribution in [1.29, 1.82) is 0 Å². The molecule has 0 aliphatic rings. The molecule has 0 radical (unpaired) electrons. The SMILES string of the molecule is Cc1cc(Sc2cc3ccccc3[nH]2)ccc1N. The van der Waals surface area contributed by atoms with E-state index < -0.39 is 0 Å². The Balaban J connectivity index is 1.93. The van der Waals surface area contributed by atoms with Crippen LogP contribution >= 0.6 is 11.8 Å². The molecule has 1 aromatic heterocycles. The zero-order valence-corrected chi connectivity index (χ0v) is 10.9. The molecule has 3 N–H and O–H groups in total. The fourth-order valence-corrected chi connectivity index (χ4v) is 2.91. The van der Waals surface area contributed by atoms with Gasteiger partial charge in [0.25, 0.3) is 0 Å². The van der Waals surface area contributed by atoms with E-state index in [4.69, 9.17) is 5.73 Å². The van der Waals surface area contributed by atoms with Crippen LogP contribution in [0.2, 0.25) is 0 Å². The van der Waals surface area contributed by atoms with Crippen LogP contribution in [0.25, 0.3) is 10.9 Å². The Morgan fingerprint density at radius 2 is 1.89 bits per heavy atom. The third-order valence-corrected chi connectivity index (χ3v) is 3.90. The Morgan fingerprint density at radius 1 is 1.06 bits per heavy atom. The topological polar surface area (TPSA) is 41.8 Å². The summed E-state index contributed by atoms with van der Waals surface area (Å²) in [6, 6.07) is 16.6. The molecule has 3 heteroatoms. The molecular formula is C15H14N2S. The predicted octanol–water partition coefficient (Wildman–Crippen LogP) is 4.21. The number of nitrogens with one attached hydrogen (secondary N) is 1. The van der Waals surface area contributed by atoms with Gasteiger partial charge in [0.1, 0.15) is 0 Å². The summed E-state index contributed by atoms with van der Waals surface area (Å²) in [6.07, 6.45) is 0. The van der Waals surface area contributed by atoms with Gasteiger partial charge in [0.2, 0.25) is 0 Å². The number of hydrogen-bond donors (Lipinski definition) is 2. The van der Waals surface area contributed by atoms with E-state index in [2.05, 4.69) is 41.4 Å². The lowest BCUT2D eigenvalue weighted by Crippen LogP contribution is -1.88. The van der Waals surface area contributed by atoms with Crippen molar-refractivity contribution >= 4 is 28.4 Å². The molecule has 0 aliphatic carbocycles. The van der Waals surface area contributed by atoms with Crippen molar-refractivity contribution in [2.45, 2.75) is 16.8 Å². The third-order valence-electron chi connectivity index (χ3n) is 2.97. The Morgan fingerprint density at radius 3 is 2.67 bits per heavy atom. The first-order valence-corrected chi connectivity index (χ1v) is 6.66. The zero-order valence-electron chi connectivity index (χ0n) is 10.1. The fraction of sp³-hybridized carbons (Fsp3) is 0.0667. The van der Waals surface area contributed by atoms with Crippen LogP contribution in [0.1, 0.15) is 5.56 Å². The maximum atomic E-state index is 5.83. The van der Waals surface area contributed by atoms with Gasteiger partial charge in [0, 0.05) is 21.5 Å². The van der Waals surface area contributed by atoms with E-state index in [1.807, 2.05) is 19.1 Å². The lowest BCUT2D eigenvalue weighted by molar-refractivity contribution is 1.23. The van der Waals surface area contributed by atoms with Crippen LogP contribution in [0.5, 0.6) is 0 Å². The molecule has 3 rings (SSSR count). The van der Waals surface area contributed by atoms with Gasteiger partial charge in [-0.05, 0) is 42.8 Å². The Hall–Kier alpha value is -1.87. The number of nitrogens with two attached hydrogens (primary N) is 1. The van der Waals surface area contributed by atoms with Crippen molar-refractivity contribution in [3.63, 3.8) is 0 Å². The number of aromatic nitrogens is 1. The number of fused-ring (bicyclic) bond motifs is 1. The number of nitrogen functional groups attached to an aromatic ring is 1. The monoisotopic (exact) mass is 254 g/mol. The lowest BCUT2D eigenvalue weighted by atomic mass is 10.2. The van der Waals surface area contributed by atoms with Gasteiger partial charge in [-0.3, -0.25) is 0 Å². The molecule has 0 amide bonds. The smallest absolute Gasteiger partial charge is 0.0780 e. The third kappa shape index (κ3) is 2.09. The van der Waals surface area contributed by atoms with Gasteiger partial charge in [0.05, 0.1) is 5.03 Å². The minimum atomic E-state index is 0.844. The number of rotatable bonds is 2. The van der Waals surface area contributed by atoms with Gasteiger partial charge >= 0.3 is 0 Å². The number of H-pyrrole nitrogens is 1. The van der Waals surface area contributed by atoms with Gasteiger partial charge in [-0.25, -0.2) is 0 Å². The molecule has 90 valence electrons. The number of anilines is 1. The molecule has 0 atom stereocenters. The van der Waals surface area contributed by atoms with Crippen LogP contribution in [0, 0.1) is 6.92 Å². The average molecular weight is 254 g/mol. The van der Waals surface area contributed by atoms with Gasteiger partial charge < -0.3 is 10.7 Å². The molecule has 0 saturated carbocycles. The van der Waals surface area contributed by atoms with E-state index in [1.165, 1.54) is 15.8 Å². The average Bonchev–Trinajstić information content (AvgIpc) is 2.76. The molecule has 0 unspecified atom stereocenters. The Labute approximate surface area is 110 Å². The lowest BCUT2D eigenvalue weighted by Gasteiger charge is -2.03. The maximum Gasteiger partial charge on any atom is 0.0780 e. The highest BCUT2D eigenvalue weighted by molar-refractivity contribution is 7.99. The maximum absolute atomic E-state index is 5.83. The van der Waals surface area contributed by atoms with Crippen molar-refractivity contribution in [1.82, 2.24) is 4.98 Å². The standard InChI is InChI=1S/C15H14N2S/c1-10-8-12(6-7-13(10)16)18-15-9-11-4-2-3-5-14(11)17-15/h2-9,17H,16H2,1H3. The Bertz CT molecular complexity index is 668.